The van der Waals surface area contributed by atoms with Gasteiger partial charge in [0.15, 0.2) is 0 Å². The summed E-state index contributed by atoms with van der Waals surface area (Å²) in [5.74, 6) is 7.48. The van der Waals surface area contributed by atoms with Crippen molar-refractivity contribution in [1.29, 1.82) is 0 Å². The maximum absolute atomic E-state index is 4.98. The lowest BCUT2D eigenvalue weighted by Crippen LogP contribution is -2.12. The molecule has 14 heteroatoms. The molecule has 8 aromatic carbocycles. The first-order chi connectivity index (χ1) is 45.6. The summed E-state index contributed by atoms with van der Waals surface area (Å²) >= 11 is 0. The molecule has 0 aliphatic heterocycles. The third kappa shape index (κ3) is 10.3. The Kier molecular flexibility index (Phi) is 15.0. The standard InChI is InChI=1S/C42H42N8.C38H32N6/c1-23(2)37-43-38(24(3)4)46-41(45-37)49-33-15-11-9-13-29(33)31-21-27(17-19-35(31)49)28-18-20-36-32(22-28)30-14-10-12-16-34(30)50(36)42-47-39(25(5)6)44-40(48-42)26(7)8;1-23(2)27-19-39-37(40-20-27)43-33-11-7-5-9-29(33)31-17-25(13-15-35(31)43)26-14-16-36-32(18-26)30-10-6-8-12-34(30)44(36)38-41-21-28(22-42-38)24(3)4/h9-26H,1-8H3;5-24H,1-4H3. The summed E-state index contributed by atoms with van der Waals surface area (Å²) in [7, 11) is 0. The van der Waals surface area contributed by atoms with E-state index in [1.54, 1.807) is 0 Å². The molecule has 0 spiro atoms. The molecule has 16 rings (SSSR count). The fourth-order valence-corrected chi connectivity index (χ4v) is 13.0. The summed E-state index contributed by atoms with van der Waals surface area (Å²) in [5.41, 5.74) is 15.5. The second-order valence-electron chi connectivity index (χ2n) is 26.6. The van der Waals surface area contributed by atoms with Gasteiger partial charge < -0.3 is 0 Å². The van der Waals surface area contributed by atoms with Crippen LogP contribution in [-0.4, -0.2) is 68.1 Å². The number of fused-ring (bicyclic) bond motifs is 12. The zero-order chi connectivity index (χ0) is 64.8. The second kappa shape index (κ2) is 23.7. The monoisotopic (exact) mass is 1230 g/mol. The van der Waals surface area contributed by atoms with E-state index in [9.17, 15) is 0 Å². The number of nitrogens with zero attached hydrogens (tertiary/aromatic N) is 14. The van der Waals surface area contributed by atoms with E-state index in [2.05, 4.69) is 271 Å². The molecule has 464 valence electrons. The van der Waals surface area contributed by atoms with E-state index in [0.29, 0.717) is 35.6 Å². The van der Waals surface area contributed by atoms with Crippen LogP contribution < -0.4 is 0 Å². The van der Waals surface area contributed by atoms with Gasteiger partial charge in [-0.05, 0) is 118 Å². The lowest BCUT2D eigenvalue weighted by molar-refractivity contribution is 0.683. The van der Waals surface area contributed by atoms with Gasteiger partial charge in [0.1, 0.15) is 23.3 Å². The Bertz CT molecular complexity index is 5190. The van der Waals surface area contributed by atoms with E-state index in [0.717, 1.165) is 122 Å². The van der Waals surface area contributed by atoms with E-state index >= 15 is 0 Å². The molecule has 0 saturated carbocycles. The lowest BCUT2D eigenvalue weighted by Gasteiger charge is -2.13. The average molecular weight is 1230 g/mol. The molecule has 8 aromatic heterocycles. The maximum atomic E-state index is 4.98. The number of hydrogen-bond donors (Lipinski definition) is 0. The maximum Gasteiger partial charge on any atom is 0.238 e. The van der Waals surface area contributed by atoms with Crippen molar-refractivity contribution in [3.8, 4) is 46.0 Å². The third-order valence-corrected chi connectivity index (χ3v) is 18.2. The van der Waals surface area contributed by atoms with Gasteiger partial charge in [-0.1, -0.05) is 180 Å². The van der Waals surface area contributed by atoms with Crippen molar-refractivity contribution in [1.82, 2.24) is 68.1 Å². The highest BCUT2D eigenvalue weighted by molar-refractivity contribution is 6.14. The molecule has 0 saturated heterocycles. The molecule has 0 aliphatic carbocycles. The van der Waals surface area contributed by atoms with Crippen LogP contribution in [0.15, 0.2) is 195 Å². The Morgan fingerprint density at radius 2 is 0.447 bits per heavy atom. The van der Waals surface area contributed by atoms with Crippen LogP contribution >= 0.6 is 0 Å². The van der Waals surface area contributed by atoms with E-state index in [-0.39, 0.29) is 23.7 Å². The van der Waals surface area contributed by atoms with E-state index < -0.39 is 0 Å². The Morgan fingerprint density at radius 1 is 0.223 bits per heavy atom. The molecule has 0 atom stereocenters. The fraction of sp³-hybridized carbons (Fsp3) is 0.225. The summed E-state index contributed by atoms with van der Waals surface area (Å²) in [5, 5.41) is 9.36. The highest BCUT2D eigenvalue weighted by atomic mass is 15.2. The Balaban J connectivity index is 0.000000156. The minimum Gasteiger partial charge on any atom is -0.278 e. The third-order valence-electron chi connectivity index (χ3n) is 18.2. The van der Waals surface area contributed by atoms with Crippen molar-refractivity contribution in [2.24, 2.45) is 0 Å². The largest absolute Gasteiger partial charge is 0.278 e. The first-order valence-electron chi connectivity index (χ1n) is 32.9. The predicted octanol–water partition coefficient (Wildman–Crippen LogP) is 19.8. The quantitative estimate of drug-likeness (QED) is 0.116. The van der Waals surface area contributed by atoms with Gasteiger partial charge in [0, 0.05) is 91.5 Å². The SMILES string of the molecule is CC(C)c1cnc(-n2c3ccccc3c3cc(-c4ccc5c(c4)c4ccccc4n5-c4ncc(C(C)C)cn4)ccc32)nc1.CC(C)c1nc(C(C)C)nc(-n2c3ccccc3c3cc(-c4ccc5c(c4)c4ccccc4n5-c4nc(C(C)C)nc(C(C)C)n4)ccc32)n1. The normalized spacial score (nSPS) is 12.2. The summed E-state index contributed by atoms with van der Waals surface area (Å²) in [6, 6.07) is 60.9. The molecule has 14 nitrogen and oxygen atoms in total. The Morgan fingerprint density at radius 3 is 0.681 bits per heavy atom. The zero-order valence-corrected chi connectivity index (χ0v) is 55.2. The number of para-hydroxylation sites is 4. The van der Waals surface area contributed by atoms with Crippen LogP contribution in [0.4, 0.5) is 0 Å². The van der Waals surface area contributed by atoms with Crippen LogP contribution in [0.1, 0.15) is 153 Å². The van der Waals surface area contributed by atoms with Gasteiger partial charge in [0.25, 0.3) is 0 Å². The molecular weight excluding hydrogens is 1160 g/mol. The van der Waals surface area contributed by atoms with Crippen molar-refractivity contribution in [3.63, 3.8) is 0 Å². The Hall–Kier alpha value is -10.9. The van der Waals surface area contributed by atoms with E-state index in [4.69, 9.17) is 49.8 Å². The molecule has 16 aromatic rings. The summed E-state index contributed by atoms with van der Waals surface area (Å²) in [4.78, 5) is 48.6. The molecule has 0 bridgehead atoms. The van der Waals surface area contributed by atoms with Crippen molar-refractivity contribution in [2.75, 3.05) is 0 Å². The number of hydrogen-bond acceptors (Lipinski definition) is 10. The van der Waals surface area contributed by atoms with Crippen LogP contribution in [0.25, 0.3) is 133 Å². The first-order valence-corrected chi connectivity index (χ1v) is 32.9. The highest BCUT2D eigenvalue weighted by Crippen LogP contribution is 2.41. The van der Waals surface area contributed by atoms with Crippen molar-refractivity contribution >= 4 is 87.2 Å². The first kappa shape index (κ1) is 59.4. The van der Waals surface area contributed by atoms with Gasteiger partial charge in [0.2, 0.25) is 23.8 Å². The minimum absolute atomic E-state index is 0.189. The van der Waals surface area contributed by atoms with Crippen LogP contribution in [0.5, 0.6) is 0 Å². The average Bonchev–Trinajstić information content (AvgIpc) is 1.60. The van der Waals surface area contributed by atoms with Gasteiger partial charge in [-0.15, -0.1) is 0 Å². The second-order valence-corrected chi connectivity index (χ2v) is 26.6. The lowest BCUT2D eigenvalue weighted by atomic mass is 10.0. The van der Waals surface area contributed by atoms with Crippen LogP contribution in [0, 0.1) is 0 Å². The van der Waals surface area contributed by atoms with Crippen molar-refractivity contribution in [2.45, 2.75) is 119 Å². The molecule has 0 aliphatic rings. The molecule has 0 N–H and O–H groups in total. The fourth-order valence-electron chi connectivity index (χ4n) is 13.0. The predicted molar refractivity (Wildman–Crippen MR) is 384 cm³/mol. The molecule has 0 amide bonds. The van der Waals surface area contributed by atoms with Crippen LogP contribution in [0.3, 0.4) is 0 Å². The van der Waals surface area contributed by atoms with Crippen LogP contribution in [-0.2, 0) is 0 Å². The molecule has 0 unspecified atom stereocenters. The van der Waals surface area contributed by atoms with Gasteiger partial charge >= 0.3 is 0 Å². The molecule has 0 radical (unpaired) electrons. The minimum atomic E-state index is 0.189. The highest BCUT2D eigenvalue weighted by Gasteiger charge is 2.24. The van der Waals surface area contributed by atoms with E-state index in [1.807, 2.05) is 24.8 Å². The zero-order valence-electron chi connectivity index (χ0n) is 55.2. The van der Waals surface area contributed by atoms with Gasteiger partial charge in [-0.2, -0.15) is 19.9 Å². The van der Waals surface area contributed by atoms with Crippen molar-refractivity contribution < 1.29 is 0 Å². The summed E-state index contributed by atoms with van der Waals surface area (Å²) < 4.78 is 8.71. The van der Waals surface area contributed by atoms with Crippen molar-refractivity contribution in [3.05, 3.63) is 229 Å². The number of rotatable bonds is 12. The smallest absolute Gasteiger partial charge is 0.238 e. The van der Waals surface area contributed by atoms with Crippen LogP contribution in [0.2, 0.25) is 0 Å². The Labute approximate surface area is 546 Å². The van der Waals surface area contributed by atoms with Gasteiger partial charge in [-0.25, -0.2) is 29.9 Å². The molecule has 8 heterocycles. The number of aromatic nitrogens is 14. The number of benzene rings is 8. The molecular formula is C80H74N14. The topological polar surface area (TPSA) is 149 Å². The molecule has 94 heavy (non-hydrogen) atoms. The van der Waals surface area contributed by atoms with Gasteiger partial charge in [-0.3, -0.25) is 18.3 Å². The van der Waals surface area contributed by atoms with E-state index in [1.165, 1.54) is 21.5 Å². The summed E-state index contributed by atoms with van der Waals surface area (Å²) in [6.45, 7) is 25.7. The summed E-state index contributed by atoms with van der Waals surface area (Å²) in [6.07, 6.45) is 7.77. The molecule has 0 fully saturated rings. The van der Waals surface area contributed by atoms with Gasteiger partial charge in [0.05, 0.1) is 44.1 Å².